The Morgan fingerprint density at radius 1 is 1.36 bits per heavy atom. The first-order valence-electron chi connectivity index (χ1n) is 9.05. The highest BCUT2D eigenvalue weighted by atomic mass is 32.2. The largest absolute Gasteiger partial charge is 0.508 e. The third kappa shape index (κ3) is 3.81. The minimum absolute atomic E-state index is 0.00805. The van der Waals surface area contributed by atoms with Crippen molar-refractivity contribution in [1.29, 1.82) is 0 Å². The van der Waals surface area contributed by atoms with Crippen LogP contribution in [0.4, 0.5) is 0 Å². The fourth-order valence-corrected chi connectivity index (χ4v) is 5.48. The fourth-order valence-electron chi connectivity index (χ4n) is 3.93. The molecule has 1 aromatic carbocycles. The summed E-state index contributed by atoms with van der Waals surface area (Å²) >= 11 is 1.95. The van der Waals surface area contributed by atoms with Crippen LogP contribution in [0.25, 0.3) is 0 Å². The van der Waals surface area contributed by atoms with Crippen molar-refractivity contribution in [2.24, 2.45) is 5.92 Å². The minimum atomic E-state index is 0.00805. The van der Waals surface area contributed by atoms with E-state index in [1.54, 1.807) is 18.2 Å². The zero-order valence-corrected chi connectivity index (χ0v) is 15.2. The van der Waals surface area contributed by atoms with Crippen molar-refractivity contribution in [2.75, 3.05) is 38.7 Å². The van der Waals surface area contributed by atoms with E-state index in [1.807, 2.05) is 16.7 Å². The van der Waals surface area contributed by atoms with Gasteiger partial charge in [-0.15, -0.1) is 11.8 Å². The standard InChI is InChI=1S/C19H25NO4S/c21-16-3-1-2-15(8-16)18(22)20-12-19(13-20)9-17(11-25-19)24-10-14-4-6-23-7-5-14/h1-3,8,14,17,21H,4-7,9-13H2. The number of phenolic OH excluding ortho intramolecular Hbond substituents is 1. The second-order valence-electron chi connectivity index (χ2n) is 7.42. The predicted octanol–water partition coefficient (Wildman–Crippen LogP) is 2.54. The molecule has 3 aliphatic heterocycles. The molecule has 0 radical (unpaired) electrons. The zero-order chi connectivity index (χ0) is 17.3. The van der Waals surface area contributed by atoms with Crippen LogP contribution in [0.3, 0.4) is 0 Å². The maximum Gasteiger partial charge on any atom is 0.254 e. The Bertz CT molecular complexity index is 626. The molecule has 3 saturated heterocycles. The lowest BCUT2D eigenvalue weighted by atomic mass is 9.92. The van der Waals surface area contributed by atoms with Crippen molar-refractivity contribution >= 4 is 17.7 Å². The zero-order valence-electron chi connectivity index (χ0n) is 14.4. The summed E-state index contributed by atoms with van der Waals surface area (Å²) in [6, 6.07) is 6.59. The Hall–Kier alpha value is -1.24. The number of benzene rings is 1. The van der Waals surface area contributed by atoms with E-state index in [0.717, 1.165) is 57.9 Å². The molecule has 1 spiro atoms. The topological polar surface area (TPSA) is 59.0 Å². The summed E-state index contributed by atoms with van der Waals surface area (Å²) in [6.45, 7) is 4.14. The van der Waals surface area contributed by atoms with E-state index in [1.165, 1.54) is 6.07 Å². The molecule has 25 heavy (non-hydrogen) atoms. The SMILES string of the molecule is O=C(c1cccc(O)c1)N1CC2(CC(OCC3CCOCC3)CS2)C1. The molecular formula is C19H25NO4S. The van der Waals surface area contributed by atoms with E-state index >= 15 is 0 Å². The van der Waals surface area contributed by atoms with Crippen LogP contribution in [-0.2, 0) is 9.47 Å². The van der Waals surface area contributed by atoms with E-state index in [-0.39, 0.29) is 16.4 Å². The first kappa shape index (κ1) is 17.2. The van der Waals surface area contributed by atoms with Gasteiger partial charge >= 0.3 is 0 Å². The van der Waals surface area contributed by atoms with Crippen molar-refractivity contribution in [3.63, 3.8) is 0 Å². The number of thioether (sulfide) groups is 1. The van der Waals surface area contributed by atoms with Crippen LogP contribution in [0.5, 0.6) is 5.75 Å². The first-order chi connectivity index (χ1) is 12.1. The van der Waals surface area contributed by atoms with Gasteiger partial charge in [-0.05, 0) is 43.4 Å². The number of hydrogen-bond donors (Lipinski definition) is 1. The van der Waals surface area contributed by atoms with Gasteiger partial charge in [0, 0.05) is 44.2 Å². The fraction of sp³-hybridized carbons (Fsp3) is 0.632. The second kappa shape index (κ2) is 7.17. The summed E-state index contributed by atoms with van der Waals surface area (Å²) in [7, 11) is 0. The van der Waals surface area contributed by atoms with E-state index in [4.69, 9.17) is 9.47 Å². The van der Waals surface area contributed by atoms with Crippen LogP contribution >= 0.6 is 11.8 Å². The van der Waals surface area contributed by atoms with Crippen LogP contribution in [-0.4, -0.2) is 65.4 Å². The van der Waals surface area contributed by atoms with E-state index < -0.39 is 0 Å². The number of nitrogens with zero attached hydrogens (tertiary/aromatic N) is 1. The molecule has 1 N–H and O–H groups in total. The highest BCUT2D eigenvalue weighted by Crippen LogP contribution is 2.46. The summed E-state index contributed by atoms with van der Waals surface area (Å²) in [5.74, 6) is 1.81. The molecule has 3 heterocycles. The number of ether oxygens (including phenoxy) is 2. The molecular weight excluding hydrogens is 338 g/mol. The second-order valence-corrected chi connectivity index (χ2v) is 8.91. The number of aromatic hydroxyl groups is 1. The van der Waals surface area contributed by atoms with Crippen LogP contribution in [0, 0.1) is 5.92 Å². The number of rotatable bonds is 4. The lowest BCUT2D eigenvalue weighted by Gasteiger charge is -2.47. The van der Waals surface area contributed by atoms with Crippen LogP contribution in [0.2, 0.25) is 0 Å². The smallest absolute Gasteiger partial charge is 0.254 e. The molecule has 0 bridgehead atoms. The first-order valence-corrected chi connectivity index (χ1v) is 10.0. The highest BCUT2D eigenvalue weighted by Gasteiger charge is 2.51. The molecule has 0 aromatic heterocycles. The number of carbonyl (C=O) groups is 1. The van der Waals surface area contributed by atoms with Gasteiger partial charge in [-0.2, -0.15) is 0 Å². The van der Waals surface area contributed by atoms with Crippen LogP contribution < -0.4 is 0 Å². The molecule has 1 atom stereocenters. The Balaban J connectivity index is 1.25. The minimum Gasteiger partial charge on any atom is -0.508 e. The van der Waals surface area contributed by atoms with Crippen molar-refractivity contribution in [1.82, 2.24) is 4.90 Å². The van der Waals surface area contributed by atoms with Crippen LogP contribution in [0.15, 0.2) is 24.3 Å². The van der Waals surface area contributed by atoms with Gasteiger partial charge in [-0.3, -0.25) is 4.79 Å². The molecule has 0 aliphatic carbocycles. The summed E-state index contributed by atoms with van der Waals surface area (Å²) < 4.78 is 11.7. The number of amides is 1. The maximum atomic E-state index is 12.5. The van der Waals surface area contributed by atoms with E-state index in [0.29, 0.717) is 17.6 Å². The number of carbonyl (C=O) groups excluding carboxylic acids is 1. The molecule has 4 rings (SSSR count). The van der Waals surface area contributed by atoms with E-state index in [2.05, 4.69) is 0 Å². The number of phenols is 1. The average Bonchev–Trinajstić information content (AvgIpc) is 3.04. The Morgan fingerprint density at radius 2 is 2.16 bits per heavy atom. The molecule has 6 heteroatoms. The monoisotopic (exact) mass is 363 g/mol. The van der Waals surface area contributed by atoms with Crippen molar-refractivity contribution in [3.8, 4) is 5.75 Å². The number of likely N-dealkylation sites (tertiary alicyclic amines) is 1. The highest BCUT2D eigenvalue weighted by molar-refractivity contribution is 8.01. The summed E-state index contributed by atoms with van der Waals surface area (Å²) in [5, 5.41) is 9.54. The van der Waals surface area contributed by atoms with Gasteiger partial charge in [0.05, 0.1) is 10.9 Å². The van der Waals surface area contributed by atoms with Crippen molar-refractivity contribution < 1.29 is 19.4 Å². The van der Waals surface area contributed by atoms with E-state index in [9.17, 15) is 9.90 Å². The lowest BCUT2D eigenvalue weighted by Crippen LogP contribution is -2.60. The third-order valence-corrected chi connectivity index (χ3v) is 7.00. The van der Waals surface area contributed by atoms with Gasteiger partial charge in [0.25, 0.3) is 5.91 Å². The van der Waals surface area contributed by atoms with Gasteiger partial charge in [-0.25, -0.2) is 0 Å². The summed E-state index contributed by atoms with van der Waals surface area (Å²) in [5.41, 5.74) is 0.560. The Kier molecular flexibility index (Phi) is 4.93. The molecule has 3 aliphatic rings. The molecule has 1 unspecified atom stereocenters. The predicted molar refractivity (Wildman–Crippen MR) is 97.1 cm³/mol. The average molecular weight is 363 g/mol. The van der Waals surface area contributed by atoms with Gasteiger partial charge < -0.3 is 19.5 Å². The molecule has 1 aromatic rings. The Morgan fingerprint density at radius 3 is 2.92 bits per heavy atom. The maximum absolute atomic E-state index is 12.5. The third-order valence-electron chi connectivity index (χ3n) is 5.42. The molecule has 5 nitrogen and oxygen atoms in total. The van der Waals surface area contributed by atoms with Gasteiger partial charge in [0.1, 0.15) is 5.75 Å². The number of hydrogen-bond acceptors (Lipinski definition) is 5. The summed E-state index contributed by atoms with van der Waals surface area (Å²) in [4.78, 5) is 14.4. The molecule has 136 valence electrons. The normalized spacial score (nSPS) is 25.9. The summed E-state index contributed by atoms with van der Waals surface area (Å²) in [6.07, 6.45) is 3.56. The molecule has 1 amide bonds. The molecule has 0 saturated carbocycles. The van der Waals surface area contributed by atoms with Gasteiger partial charge in [-0.1, -0.05) is 6.07 Å². The van der Waals surface area contributed by atoms with Crippen molar-refractivity contribution in [2.45, 2.75) is 30.1 Å². The quantitative estimate of drug-likeness (QED) is 0.891. The lowest BCUT2D eigenvalue weighted by molar-refractivity contribution is -0.0118. The Labute approximate surface area is 152 Å². The van der Waals surface area contributed by atoms with Crippen LogP contribution in [0.1, 0.15) is 29.6 Å². The van der Waals surface area contributed by atoms with Crippen molar-refractivity contribution in [3.05, 3.63) is 29.8 Å². The molecule has 3 fully saturated rings. The van der Waals surface area contributed by atoms with Gasteiger partial charge in [0.2, 0.25) is 0 Å². The van der Waals surface area contributed by atoms with Gasteiger partial charge in [0.15, 0.2) is 0 Å².